The SMILES string of the molecule is Cc1ccccc1CNC(=O)[C@@]1(C)CCCN(C(=O)Nc2ccc(Br)cc2)C1. The van der Waals surface area contributed by atoms with Crippen LogP contribution in [0.5, 0.6) is 0 Å². The predicted octanol–water partition coefficient (Wildman–Crippen LogP) is 4.71. The van der Waals surface area contributed by atoms with Crippen LogP contribution in [-0.2, 0) is 11.3 Å². The molecular formula is C22H26BrN3O2. The molecule has 1 aliphatic heterocycles. The summed E-state index contributed by atoms with van der Waals surface area (Å²) in [5.41, 5.74) is 2.43. The number of urea groups is 1. The molecule has 0 unspecified atom stereocenters. The van der Waals surface area contributed by atoms with Crippen LogP contribution in [0.1, 0.15) is 30.9 Å². The van der Waals surface area contributed by atoms with Crippen molar-refractivity contribution in [3.8, 4) is 0 Å². The molecule has 5 nitrogen and oxygen atoms in total. The van der Waals surface area contributed by atoms with Gasteiger partial charge in [-0.15, -0.1) is 0 Å². The van der Waals surface area contributed by atoms with Gasteiger partial charge in [-0.2, -0.15) is 0 Å². The van der Waals surface area contributed by atoms with Gasteiger partial charge < -0.3 is 15.5 Å². The lowest BCUT2D eigenvalue weighted by Crippen LogP contribution is -2.52. The van der Waals surface area contributed by atoms with E-state index in [4.69, 9.17) is 0 Å². The van der Waals surface area contributed by atoms with Crippen molar-refractivity contribution < 1.29 is 9.59 Å². The number of piperidine rings is 1. The lowest BCUT2D eigenvalue weighted by Gasteiger charge is -2.39. The first-order chi connectivity index (χ1) is 13.4. The third-order valence-electron chi connectivity index (χ3n) is 5.33. The van der Waals surface area contributed by atoms with Gasteiger partial charge in [-0.1, -0.05) is 40.2 Å². The fourth-order valence-corrected chi connectivity index (χ4v) is 3.80. The largest absolute Gasteiger partial charge is 0.351 e. The number of aryl methyl sites for hydroxylation is 1. The van der Waals surface area contributed by atoms with Crippen molar-refractivity contribution in [2.45, 2.75) is 33.2 Å². The van der Waals surface area contributed by atoms with Crippen LogP contribution in [0.2, 0.25) is 0 Å². The summed E-state index contributed by atoms with van der Waals surface area (Å²) in [6, 6.07) is 15.3. The van der Waals surface area contributed by atoms with E-state index in [-0.39, 0.29) is 11.9 Å². The second kappa shape index (κ2) is 8.78. The van der Waals surface area contributed by atoms with Crippen molar-refractivity contribution in [2.24, 2.45) is 5.41 Å². The third-order valence-corrected chi connectivity index (χ3v) is 5.86. The van der Waals surface area contributed by atoms with Gasteiger partial charge in [-0.3, -0.25) is 4.79 Å². The highest BCUT2D eigenvalue weighted by Crippen LogP contribution is 2.30. The number of halogens is 1. The van der Waals surface area contributed by atoms with Crippen molar-refractivity contribution in [2.75, 3.05) is 18.4 Å². The van der Waals surface area contributed by atoms with Gasteiger partial charge in [0, 0.05) is 29.8 Å². The Kier molecular flexibility index (Phi) is 6.39. The lowest BCUT2D eigenvalue weighted by atomic mass is 9.81. The van der Waals surface area contributed by atoms with Crippen LogP contribution < -0.4 is 10.6 Å². The minimum absolute atomic E-state index is 0.00288. The zero-order valence-electron chi connectivity index (χ0n) is 16.3. The maximum absolute atomic E-state index is 12.9. The maximum Gasteiger partial charge on any atom is 0.321 e. The summed E-state index contributed by atoms with van der Waals surface area (Å²) in [5.74, 6) is -0.00288. The molecule has 6 heteroatoms. The molecule has 0 radical (unpaired) electrons. The van der Waals surface area contributed by atoms with Crippen molar-refractivity contribution in [1.82, 2.24) is 10.2 Å². The summed E-state index contributed by atoms with van der Waals surface area (Å²) in [4.78, 5) is 27.3. The van der Waals surface area contributed by atoms with E-state index in [1.807, 2.05) is 62.4 Å². The number of nitrogens with zero attached hydrogens (tertiary/aromatic N) is 1. The molecule has 0 spiro atoms. The predicted molar refractivity (Wildman–Crippen MR) is 115 cm³/mol. The molecule has 0 saturated carbocycles. The van der Waals surface area contributed by atoms with Crippen molar-refractivity contribution >= 4 is 33.6 Å². The number of benzene rings is 2. The average Bonchev–Trinajstić information content (AvgIpc) is 2.69. The molecule has 148 valence electrons. The number of likely N-dealkylation sites (tertiary alicyclic amines) is 1. The van der Waals surface area contributed by atoms with Gasteiger partial charge in [0.1, 0.15) is 0 Å². The number of hydrogen-bond donors (Lipinski definition) is 2. The zero-order chi connectivity index (χ0) is 20.1. The molecule has 0 bridgehead atoms. The molecule has 2 aromatic carbocycles. The van der Waals surface area contributed by atoms with E-state index in [9.17, 15) is 9.59 Å². The van der Waals surface area contributed by atoms with Gasteiger partial charge in [-0.05, 0) is 62.1 Å². The third kappa shape index (κ3) is 4.93. The molecule has 2 N–H and O–H groups in total. The van der Waals surface area contributed by atoms with Gasteiger partial charge >= 0.3 is 6.03 Å². The second-order valence-corrected chi connectivity index (χ2v) is 8.55. The summed E-state index contributed by atoms with van der Waals surface area (Å²) in [7, 11) is 0. The summed E-state index contributed by atoms with van der Waals surface area (Å²) < 4.78 is 0.960. The number of nitrogens with one attached hydrogen (secondary N) is 2. The van der Waals surface area contributed by atoms with Crippen LogP contribution in [0.25, 0.3) is 0 Å². The molecule has 1 heterocycles. The fourth-order valence-electron chi connectivity index (χ4n) is 3.53. The molecule has 1 saturated heterocycles. The Morgan fingerprint density at radius 1 is 1.14 bits per heavy atom. The topological polar surface area (TPSA) is 61.4 Å². The molecule has 0 aliphatic carbocycles. The van der Waals surface area contributed by atoms with Crippen LogP contribution in [0.15, 0.2) is 53.0 Å². The van der Waals surface area contributed by atoms with Gasteiger partial charge in [0.2, 0.25) is 5.91 Å². The molecule has 2 aromatic rings. The van der Waals surface area contributed by atoms with Crippen LogP contribution >= 0.6 is 15.9 Å². The summed E-state index contributed by atoms with van der Waals surface area (Å²) in [6.07, 6.45) is 1.58. The van der Waals surface area contributed by atoms with E-state index in [2.05, 4.69) is 26.6 Å². The first-order valence-electron chi connectivity index (χ1n) is 9.52. The van der Waals surface area contributed by atoms with Gasteiger partial charge in [-0.25, -0.2) is 4.79 Å². The molecule has 0 aromatic heterocycles. The van der Waals surface area contributed by atoms with Crippen molar-refractivity contribution in [1.29, 1.82) is 0 Å². The van der Waals surface area contributed by atoms with E-state index >= 15 is 0 Å². The number of rotatable bonds is 4. The van der Waals surface area contributed by atoms with Crippen LogP contribution in [0.4, 0.5) is 10.5 Å². The Morgan fingerprint density at radius 3 is 2.57 bits per heavy atom. The van der Waals surface area contributed by atoms with Crippen LogP contribution in [-0.4, -0.2) is 29.9 Å². The van der Waals surface area contributed by atoms with E-state index in [1.54, 1.807) is 4.90 Å². The Hall–Kier alpha value is -2.34. The van der Waals surface area contributed by atoms with Crippen LogP contribution in [0, 0.1) is 12.3 Å². The smallest absolute Gasteiger partial charge is 0.321 e. The first-order valence-corrected chi connectivity index (χ1v) is 10.3. The summed E-state index contributed by atoms with van der Waals surface area (Å²) in [6.45, 7) is 5.56. The molecular weight excluding hydrogens is 418 g/mol. The highest BCUT2D eigenvalue weighted by atomic mass is 79.9. The number of anilines is 1. The monoisotopic (exact) mass is 443 g/mol. The Morgan fingerprint density at radius 2 is 1.86 bits per heavy atom. The van der Waals surface area contributed by atoms with E-state index in [0.717, 1.165) is 34.1 Å². The summed E-state index contributed by atoms with van der Waals surface area (Å²) >= 11 is 3.39. The first kappa shape index (κ1) is 20.4. The number of amides is 3. The molecule has 1 aliphatic rings. The maximum atomic E-state index is 12.9. The van der Waals surface area contributed by atoms with Crippen LogP contribution in [0.3, 0.4) is 0 Å². The van der Waals surface area contributed by atoms with Gasteiger partial charge in [0.25, 0.3) is 0 Å². The van der Waals surface area contributed by atoms with Crippen molar-refractivity contribution in [3.05, 3.63) is 64.1 Å². The van der Waals surface area contributed by atoms with Gasteiger partial charge in [0.05, 0.1) is 5.41 Å². The van der Waals surface area contributed by atoms with E-state index < -0.39 is 5.41 Å². The minimum Gasteiger partial charge on any atom is -0.351 e. The number of hydrogen-bond acceptors (Lipinski definition) is 2. The standard InChI is InChI=1S/C22H26BrN3O2/c1-16-6-3-4-7-17(16)14-24-20(27)22(2)12-5-13-26(15-22)21(28)25-19-10-8-18(23)9-11-19/h3-4,6-11H,5,12-15H2,1-2H3,(H,24,27)(H,25,28)/t22-/m0/s1. The zero-order valence-corrected chi connectivity index (χ0v) is 17.9. The highest BCUT2D eigenvalue weighted by Gasteiger charge is 2.39. The quantitative estimate of drug-likeness (QED) is 0.718. The Labute approximate surface area is 174 Å². The molecule has 3 rings (SSSR count). The molecule has 28 heavy (non-hydrogen) atoms. The second-order valence-electron chi connectivity index (χ2n) is 7.63. The molecule has 1 fully saturated rings. The normalized spacial score (nSPS) is 19.2. The Bertz CT molecular complexity index is 853. The lowest BCUT2D eigenvalue weighted by molar-refractivity contribution is -0.132. The minimum atomic E-state index is -0.585. The molecule has 3 amide bonds. The Balaban J connectivity index is 1.60. The van der Waals surface area contributed by atoms with Gasteiger partial charge in [0.15, 0.2) is 0 Å². The van der Waals surface area contributed by atoms with E-state index in [0.29, 0.717) is 19.6 Å². The van der Waals surface area contributed by atoms with Crippen molar-refractivity contribution in [3.63, 3.8) is 0 Å². The summed E-state index contributed by atoms with van der Waals surface area (Å²) in [5, 5.41) is 5.98. The average molecular weight is 444 g/mol. The highest BCUT2D eigenvalue weighted by molar-refractivity contribution is 9.10. The fraction of sp³-hybridized carbons (Fsp3) is 0.364. The number of carbonyl (C=O) groups excluding carboxylic acids is 2. The number of carbonyl (C=O) groups is 2. The van der Waals surface area contributed by atoms with E-state index in [1.165, 1.54) is 0 Å². The molecule has 1 atom stereocenters.